The highest BCUT2D eigenvalue weighted by molar-refractivity contribution is 5.91. The fourth-order valence-corrected chi connectivity index (χ4v) is 2.28. The van der Waals surface area contributed by atoms with Crippen LogP contribution in [0, 0.1) is 5.53 Å². The number of carbonyl (C=O) groups is 1. The molecule has 9 nitrogen and oxygen atoms in total. The molecule has 0 aromatic carbocycles. The van der Waals surface area contributed by atoms with Gasteiger partial charge in [-0.3, -0.25) is 14.5 Å². The number of pyridine rings is 1. The molecule has 1 amide bonds. The van der Waals surface area contributed by atoms with E-state index in [1.165, 1.54) is 10.9 Å². The zero-order chi connectivity index (χ0) is 21.3. The molecule has 156 valence electrons. The number of alkyl halides is 3. The van der Waals surface area contributed by atoms with Crippen molar-refractivity contribution in [3.63, 3.8) is 0 Å². The topological polar surface area (TPSA) is 121 Å². The summed E-state index contributed by atoms with van der Waals surface area (Å²) in [5, 5.41) is 16.4. The third-order valence-electron chi connectivity index (χ3n) is 3.79. The molecule has 0 spiro atoms. The number of carbonyl (C=O) groups excluding carboxylic acids is 1. The average Bonchev–Trinajstić information content (AvgIpc) is 3.17. The molecular formula is C17H21F3N8O. The summed E-state index contributed by atoms with van der Waals surface area (Å²) >= 11 is 0. The van der Waals surface area contributed by atoms with E-state index in [9.17, 15) is 18.0 Å². The maximum atomic E-state index is 12.7. The lowest BCUT2D eigenvalue weighted by Crippen LogP contribution is -2.24. The van der Waals surface area contributed by atoms with E-state index in [0.717, 1.165) is 31.2 Å². The van der Waals surface area contributed by atoms with Crippen LogP contribution in [0.2, 0.25) is 0 Å². The lowest BCUT2D eigenvalue weighted by atomic mass is 10.2. The fraction of sp³-hybridized carbons (Fsp3) is 0.412. The van der Waals surface area contributed by atoms with Gasteiger partial charge in [-0.05, 0) is 31.9 Å². The number of aromatic nitrogens is 4. The second-order valence-electron chi connectivity index (χ2n) is 6.14. The van der Waals surface area contributed by atoms with E-state index in [1.807, 2.05) is 0 Å². The Bertz CT molecular complexity index is 862. The van der Waals surface area contributed by atoms with Crippen LogP contribution in [0.4, 0.5) is 13.2 Å². The van der Waals surface area contributed by atoms with Crippen LogP contribution in [0.25, 0.3) is 0 Å². The Labute approximate surface area is 164 Å². The number of rotatable bonds is 10. The molecule has 0 bridgehead atoms. The predicted molar refractivity (Wildman–Crippen MR) is 96.6 cm³/mol. The number of halogens is 3. The van der Waals surface area contributed by atoms with Crippen LogP contribution < -0.4 is 10.6 Å². The summed E-state index contributed by atoms with van der Waals surface area (Å²) in [5.74, 6) is -0.545. The molecule has 0 aliphatic carbocycles. The summed E-state index contributed by atoms with van der Waals surface area (Å²) < 4.78 is 39.6. The number of nitrogens with zero attached hydrogens (tertiary/aromatic N) is 5. The Morgan fingerprint density at radius 2 is 2.17 bits per heavy atom. The summed E-state index contributed by atoms with van der Waals surface area (Å²) in [5.41, 5.74) is 6.73. The molecule has 3 N–H and O–H groups in total. The van der Waals surface area contributed by atoms with Gasteiger partial charge >= 0.3 is 6.18 Å². The van der Waals surface area contributed by atoms with Crippen LogP contribution in [0.3, 0.4) is 0 Å². The predicted octanol–water partition coefficient (Wildman–Crippen LogP) is 2.88. The minimum Gasteiger partial charge on any atom is -0.389 e. The van der Waals surface area contributed by atoms with Crippen molar-refractivity contribution in [3.05, 3.63) is 53.4 Å². The van der Waals surface area contributed by atoms with Crippen molar-refractivity contribution >= 4 is 5.91 Å². The normalized spacial score (nSPS) is 11.9. The van der Waals surface area contributed by atoms with Gasteiger partial charge in [0.1, 0.15) is 0 Å². The minimum atomic E-state index is -4.47. The van der Waals surface area contributed by atoms with Crippen LogP contribution in [-0.4, -0.2) is 32.4 Å². The molecule has 0 fully saturated rings. The van der Waals surface area contributed by atoms with Crippen LogP contribution in [0.1, 0.15) is 41.5 Å². The highest BCUT2D eigenvalue weighted by Gasteiger charge is 2.30. The van der Waals surface area contributed by atoms with Gasteiger partial charge in [0.05, 0.1) is 29.7 Å². The van der Waals surface area contributed by atoms with E-state index in [-0.39, 0.29) is 17.9 Å². The monoisotopic (exact) mass is 410 g/mol. The number of amides is 1. The SMILES string of the molecule is C/C(=C/NCCCCn1cc(C(=O)NCc2cc(C(F)(F)F)ccn2)nn1)N=N. The molecule has 0 radical (unpaired) electrons. The summed E-state index contributed by atoms with van der Waals surface area (Å²) in [6.45, 7) is 2.82. The Morgan fingerprint density at radius 3 is 2.90 bits per heavy atom. The molecule has 2 aromatic rings. The number of hydrogen-bond donors (Lipinski definition) is 3. The second kappa shape index (κ2) is 10.3. The third kappa shape index (κ3) is 7.31. The van der Waals surface area contributed by atoms with Crippen molar-refractivity contribution in [3.8, 4) is 0 Å². The minimum absolute atomic E-state index is 0.0747. The Hall–Kier alpha value is -3.31. The van der Waals surface area contributed by atoms with Crippen LogP contribution in [-0.2, 0) is 19.3 Å². The van der Waals surface area contributed by atoms with Crippen molar-refractivity contribution in [1.82, 2.24) is 30.6 Å². The first-order chi connectivity index (χ1) is 13.8. The van der Waals surface area contributed by atoms with Crippen LogP contribution in [0.15, 0.2) is 41.5 Å². The first-order valence-corrected chi connectivity index (χ1v) is 8.77. The van der Waals surface area contributed by atoms with E-state index in [1.54, 1.807) is 13.1 Å². The number of nitrogens with one attached hydrogen (secondary N) is 3. The van der Waals surface area contributed by atoms with Gasteiger partial charge in [-0.2, -0.15) is 18.3 Å². The molecular weight excluding hydrogens is 389 g/mol. The van der Waals surface area contributed by atoms with E-state index < -0.39 is 17.6 Å². The average molecular weight is 410 g/mol. The van der Waals surface area contributed by atoms with Crippen LogP contribution >= 0.6 is 0 Å². The summed E-state index contributed by atoms with van der Waals surface area (Å²) in [6.07, 6.45) is 1.34. The first kappa shape index (κ1) is 22.0. The number of allylic oxidation sites excluding steroid dienone is 1. The third-order valence-corrected chi connectivity index (χ3v) is 3.79. The molecule has 12 heteroatoms. The molecule has 0 aliphatic heterocycles. The van der Waals surface area contributed by atoms with Gasteiger partial charge in [-0.1, -0.05) is 5.21 Å². The summed E-state index contributed by atoms with van der Waals surface area (Å²) in [6, 6.07) is 1.76. The Morgan fingerprint density at radius 1 is 1.38 bits per heavy atom. The molecule has 0 saturated heterocycles. The maximum Gasteiger partial charge on any atom is 0.416 e. The summed E-state index contributed by atoms with van der Waals surface area (Å²) in [4.78, 5) is 15.9. The highest BCUT2D eigenvalue weighted by atomic mass is 19.4. The smallest absolute Gasteiger partial charge is 0.389 e. The number of aryl methyl sites for hydroxylation is 1. The van der Waals surface area contributed by atoms with Crippen molar-refractivity contribution in [1.29, 1.82) is 5.53 Å². The highest BCUT2D eigenvalue weighted by Crippen LogP contribution is 2.28. The van der Waals surface area contributed by atoms with E-state index in [2.05, 4.69) is 31.0 Å². The largest absolute Gasteiger partial charge is 0.416 e. The lowest BCUT2D eigenvalue weighted by molar-refractivity contribution is -0.137. The molecule has 2 rings (SSSR count). The molecule has 2 heterocycles. The Kier molecular flexibility index (Phi) is 7.80. The van der Waals surface area contributed by atoms with Gasteiger partial charge in [0, 0.05) is 25.5 Å². The van der Waals surface area contributed by atoms with Gasteiger partial charge in [0.25, 0.3) is 5.91 Å². The van der Waals surface area contributed by atoms with Gasteiger partial charge in [0.15, 0.2) is 5.69 Å². The van der Waals surface area contributed by atoms with Gasteiger partial charge in [-0.15, -0.1) is 5.10 Å². The molecule has 0 saturated carbocycles. The molecule has 0 atom stereocenters. The van der Waals surface area contributed by atoms with Crippen molar-refractivity contribution < 1.29 is 18.0 Å². The standard InChI is InChI=1S/C17H21F3N8O/c1-12(25-21)9-22-5-2-3-7-28-11-15(26-27-28)16(29)24-10-14-8-13(4-6-23-14)17(18,19)20/h4,6,8-9,11,21-22H,2-3,5,7,10H2,1H3,(H,24,29)/b12-9-,25-21?. The zero-order valence-corrected chi connectivity index (χ0v) is 15.7. The first-order valence-electron chi connectivity index (χ1n) is 8.77. The number of unbranched alkanes of at least 4 members (excludes halogenated alkanes) is 1. The van der Waals surface area contributed by atoms with E-state index >= 15 is 0 Å². The number of hydrogen-bond acceptors (Lipinski definition) is 7. The summed E-state index contributed by atoms with van der Waals surface area (Å²) in [7, 11) is 0. The molecule has 0 unspecified atom stereocenters. The lowest BCUT2D eigenvalue weighted by Gasteiger charge is -2.08. The molecule has 29 heavy (non-hydrogen) atoms. The maximum absolute atomic E-state index is 12.7. The fourth-order valence-electron chi connectivity index (χ4n) is 2.28. The molecule has 2 aromatic heterocycles. The zero-order valence-electron chi connectivity index (χ0n) is 15.7. The van der Waals surface area contributed by atoms with Crippen molar-refractivity contribution in [2.24, 2.45) is 5.11 Å². The van der Waals surface area contributed by atoms with Crippen molar-refractivity contribution in [2.45, 2.75) is 39.0 Å². The van der Waals surface area contributed by atoms with E-state index in [4.69, 9.17) is 5.53 Å². The second-order valence-corrected chi connectivity index (χ2v) is 6.14. The van der Waals surface area contributed by atoms with Gasteiger partial charge in [0.2, 0.25) is 0 Å². The molecule has 0 aliphatic rings. The van der Waals surface area contributed by atoms with Gasteiger partial charge < -0.3 is 10.6 Å². The quantitative estimate of drug-likeness (QED) is 0.411. The van der Waals surface area contributed by atoms with E-state index in [0.29, 0.717) is 18.8 Å². The van der Waals surface area contributed by atoms with Crippen molar-refractivity contribution in [2.75, 3.05) is 6.54 Å². The van der Waals surface area contributed by atoms with Gasteiger partial charge in [-0.25, -0.2) is 5.53 Å². The Balaban J connectivity index is 1.77. The van der Waals surface area contributed by atoms with Crippen LogP contribution in [0.5, 0.6) is 0 Å².